The summed E-state index contributed by atoms with van der Waals surface area (Å²) in [5, 5.41) is 13.4. The number of anilines is 1. The molecule has 1 amide bonds. The molecular formula is C15H14N2O5S. The normalized spacial score (nSPS) is 11.0. The lowest BCUT2D eigenvalue weighted by atomic mass is 10.1. The summed E-state index contributed by atoms with van der Waals surface area (Å²) in [5.74, 6) is -0.548. The van der Waals surface area contributed by atoms with E-state index in [0.29, 0.717) is 5.56 Å². The maximum atomic E-state index is 12.2. The van der Waals surface area contributed by atoms with Crippen LogP contribution in [0.5, 0.6) is 0 Å². The molecule has 0 aliphatic carbocycles. The summed E-state index contributed by atoms with van der Waals surface area (Å²) in [4.78, 5) is 22.6. The van der Waals surface area contributed by atoms with Crippen LogP contribution in [0.3, 0.4) is 0 Å². The Morgan fingerprint density at radius 1 is 1.17 bits per heavy atom. The third kappa shape index (κ3) is 3.92. The fourth-order valence-corrected chi connectivity index (χ4v) is 2.62. The second-order valence-electron chi connectivity index (χ2n) is 5.01. The van der Waals surface area contributed by atoms with Crippen molar-refractivity contribution in [1.82, 2.24) is 0 Å². The van der Waals surface area contributed by atoms with Crippen molar-refractivity contribution in [2.24, 2.45) is 0 Å². The van der Waals surface area contributed by atoms with Crippen molar-refractivity contribution in [3.05, 3.63) is 63.7 Å². The van der Waals surface area contributed by atoms with Crippen LogP contribution in [0.4, 0.5) is 11.4 Å². The zero-order valence-electron chi connectivity index (χ0n) is 12.4. The number of rotatable bonds is 4. The number of aryl methyl sites for hydroxylation is 1. The van der Waals surface area contributed by atoms with Gasteiger partial charge < -0.3 is 5.32 Å². The summed E-state index contributed by atoms with van der Waals surface area (Å²) >= 11 is 0. The molecule has 0 aliphatic rings. The molecule has 7 nitrogen and oxygen atoms in total. The van der Waals surface area contributed by atoms with Gasteiger partial charge in [-0.05, 0) is 31.2 Å². The average molecular weight is 334 g/mol. The molecule has 1 N–H and O–H groups in total. The maximum absolute atomic E-state index is 12.2. The van der Waals surface area contributed by atoms with Crippen LogP contribution in [-0.2, 0) is 9.84 Å². The minimum atomic E-state index is -3.42. The molecule has 0 aromatic heterocycles. The molecule has 2 aromatic carbocycles. The summed E-state index contributed by atoms with van der Waals surface area (Å²) < 4.78 is 23.0. The van der Waals surface area contributed by atoms with Crippen molar-refractivity contribution < 1.29 is 18.1 Å². The monoisotopic (exact) mass is 334 g/mol. The number of nitrogens with one attached hydrogen (secondary N) is 1. The highest BCUT2D eigenvalue weighted by atomic mass is 32.2. The Balaban J connectivity index is 2.30. The van der Waals surface area contributed by atoms with Gasteiger partial charge >= 0.3 is 0 Å². The van der Waals surface area contributed by atoms with Gasteiger partial charge in [0, 0.05) is 29.1 Å². The Morgan fingerprint density at radius 2 is 1.87 bits per heavy atom. The average Bonchev–Trinajstić information content (AvgIpc) is 2.48. The first-order valence-corrected chi connectivity index (χ1v) is 8.44. The minimum absolute atomic E-state index is 0.0278. The summed E-state index contributed by atoms with van der Waals surface area (Å²) in [6, 6.07) is 9.90. The number of nitro groups is 1. The number of hydrogen-bond donors (Lipinski definition) is 1. The van der Waals surface area contributed by atoms with Gasteiger partial charge in [0.05, 0.1) is 9.82 Å². The van der Waals surface area contributed by atoms with Crippen LogP contribution in [0.2, 0.25) is 0 Å². The van der Waals surface area contributed by atoms with Crippen molar-refractivity contribution in [3.8, 4) is 0 Å². The molecule has 0 saturated heterocycles. The summed E-state index contributed by atoms with van der Waals surface area (Å²) in [7, 11) is -3.42. The smallest absolute Gasteiger partial charge is 0.274 e. The molecule has 23 heavy (non-hydrogen) atoms. The summed E-state index contributed by atoms with van der Waals surface area (Å²) in [6.45, 7) is 1.60. The van der Waals surface area contributed by atoms with Gasteiger partial charge in [-0.25, -0.2) is 8.42 Å². The fraction of sp³-hybridized carbons (Fsp3) is 0.133. The van der Waals surface area contributed by atoms with E-state index in [4.69, 9.17) is 0 Å². The van der Waals surface area contributed by atoms with Gasteiger partial charge in [0.1, 0.15) is 0 Å². The van der Waals surface area contributed by atoms with Crippen molar-refractivity contribution in [3.63, 3.8) is 0 Å². The quantitative estimate of drug-likeness (QED) is 0.683. The Kier molecular flexibility index (Phi) is 4.46. The highest BCUT2D eigenvalue weighted by Crippen LogP contribution is 2.23. The third-order valence-electron chi connectivity index (χ3n) is 3.19. The van der Waals surface area contributed by atoms with Crippen molar-refractivity contribution in [1.29, 1.82) is 0 Å². The highest BCUT2D eigenvalue weighted by Gasteiger charge is 2.15. The maximum Gasteiger partial charge on any atom is 0.274 e. The Bertz CT molecular complexity index is 890. The first-order chi connectivity index (χ1) is 10.7. The van der Waals surface area contributed by atoms with E-state index in [-0.39, 0.29) is 21.8 Å². The first-order valence-electron chi connectivity index (χ1n) is 6.55. The van der Waals surface area contributed by atoms with Gasteiger partial charge in [-0.1, -0.05) is 12.1 Å². The number of hydrogen-bond acceptors (Lipinski definition) is 5. The lowest BCUT2D eigenvalue weighted by Gasteiger charge is -2.07. The fourth-order valence-electron chi connectivity index (χ4n) is 1.96. The third-order valence-corrected chi connectivity index (χ3v) is 4.30. The molecule has 0 radical (unpaired) electrons. The van der Waals surface area contributed by atoms with Crippen LogP contribution < -0.4 is 5.32 Å². The molecule has 0 aliphatic heterocycles. The molecule has 8 heteroatoms. The van der Waals surface area contributed by atoms with E-state index < -0.39 is 20.7 Å². The van der Waals surface area contributed by atoms with Crippen molar-refractivity contribution in [2.45, 2.75) is 11.8 Å². The van der Waals surface area contributed by atoms with Gasteiger partial charge in [-0.15, -0.1) is 0 Å². The van der Waals surface area contributed by atoms with Crippen LogP contribution in [0.15, 0.2) is 47.4 Å². The van der Waals surface area contributed by atoms with Gasteiger partial charge in [0.15, 0.2) is 9.84 Å². The second-order valence-corrected chi connectivity index (χ2v) is 7.03. The second kappa shape index (κ2) is 6.17. The van der Waals surface area contributed by atoms with Gasteiger partial charge in [-0.3, -0.25) is 14.9 Å². The van der Waals surface area contributed by atoms with E-state index in [9.17, 15) is 23.3 Å². The summed E-state index contributed by atoms with van der Waals surface area (Å²) in [5.41, 5.74) is 0.785. The van der Waals surface area contributed by atoms with Crippen LogP contribution in [-0.4, -0.2) is 25.5 Å². The number of carbonyl (C=O) groups is 1. The SMILES string of the molecule is Cc1ccc(NC(=O)c2cccc(S(C)(=O)=O)c2)cc1[N+](=O)[O-]. The summed E-state index contributed by atoms with van der Waals surface area (Å²) in [6.07, 6.45) is 1.05. The standard InChI is InChI=1S/C15H14N2O5S/c1-10-6-7-12(9-14(10)17(19)20)16-15(18)11-4-3-5-13(8-11)23(2,21)22/h3-9H,1-2H3,(H,16,18). The topological polar surface area (TPSA) is 106 Å². The van der Waals surface area contributed by atoms with Crippen LogP contribution >= 0.6 is 0 Å². The van der Waals surface area contributed by atoms with Crippen LogP contribution in [0.1, 0.15) is 15.9 Å². The lowest BCUT2D eigenvalue weighted by Crippen LogP contribution is -2.13. The zero-order valence-corrected chi connectivity index (χ0v) is 13.3. The molecule has 0 fully saturated rings. The van der Waals surface area contributed by atoms with E-state index in [1.54, 1.807) is 13.0 Å². The molecule has 0 heterocycles. The molecule has 2 rings (SSSR count). The Labute approximate surface area is 133 Å². The Hall–Kier alpha value is -2.74. The largest absolute Gasteiger partial charge is 0.322 e. The number of benzene rings is 2. The molecule has 120 valence electrons. The molecule has 2 aromatic rings. The number of nitrogens with zero attached hydrogens (tertiary/aromatic N) is 1. The van der Waals surface area contributed by atoms with Crippen LogP contribution in [0.25, 0.3) is 0 Å². The van der Waals surface area contributed by atoms with Crippen molar-refractivity contribution in [2.75, 3.05) is 11.6 Å². The Morgan fingerprint density at radius 3 is 2.48 bits per heavy atom. The number of amides is 1. The van der Waals surface area contributed by atoms with Crippen molar-refractivity contribution >= 4 is 27.1 Å². The lowest BCUT2D eigenvalue weighted by molar-refractivity contribution is -0.385. The minimum Gasteiger partial charge on any atom is -0.322 e. The first kappa shape index (κ1) is 16.6. The number of nitro benzene ring substituents is 1. The number of carbonyl (C=O) groups excluding carboxylic acids is 1. The van der Waals surface area contributed by atoms with Gasteiger partial charge in [0.2, 0.25) is 0 Å². The molecular weight excluding hydrogens is 320 g/mol. The van der Waals surface area contributed by atoms with E-state index >= 15 is 0 Å². The van der Waals surface area contributed by atoms with E-state index in [1.165, 1.54) is 36.4 Å². The molecule has 0 spiro atoms. The van der Waals surface area contributed by atoms with Gasteiger partial charge in [0.25, 0.3) is 11.6 Å². The molecule has 0 atom stereocenters. The van der Waals surface area contributed by atoms with Crippen LogP contribution in [0, 0.1) is 17.0 Å². The molecule has 0 saturated carbocycles. The van der Waals surface area contributed by atoms with E-state index in [0.717, 1.165) is 6.26 Å². The van der Waals surface area contributed by atoms with E-state index in [2.05, 4.69) is 5.32 Å². The predicted molar refractivity (Wildman–Crippen MR) is 85.3 cm³/mol. The highest BCUT2D eigenvalue weighted by molar-refractivity contribution is 7.90. The zero-order chi connectivity index (χ0) is 17.2. The molecule has 0 bridgehead atoms. The van der Waals surface area contributed by atoms with E-state index in [1.807, 2.05) is 0 Å². The number of sulfone groups is 1. The van der Waals surface area contributed by atoms with Gasteiger partial charge in [-0.2, -0.15) is 0 Å². The predicted octanol–water partition coefficient (Wildman–Crippen LogP) is 2.56. The molecule has 0 unspecified atom stereocenters.